The standard InChI is InChI=1S/C22H13ClN2OS2/c23-14-10-11-16-15(12-14)19(13-6-2-1-3-7-13)20(21(26)24-16)28-22-25-17-8-4-5-9-18(17)27-22/h1-12H,(H,24,26). The minimum Gasteiger partial charge on any atom is -0.321 e. The van der Waals surface area contributed by atoms with Gasteiger partial charge in [-0.2, -0.15) is 0 Å². The fourth-order valence-corrected chi connectivity index (χ4v) is 5.57. The van der Waals surface area contributed by atoms with Crippen molar-refractivity contribution >= 4 is 55.8 Å². The molecule has 136 valence electrons. The summed E-state index contributed by atoms with van der Waals surface area (Å²) in [6, 6.07) is 23.5. The molecule has 0 fully saturated rings. The Kier molecular flexibility index (Phi) is 4.43. The van der Waals surface area contributed by atoms with E-state index in [-0.39, 0.29) is 5.56 Å². The van der Waals surface area contributed by atoms with Crippen LogP contribution in [0, 0.1) is 0 Å². The Labute approximate surface area is 174 Å². The second-order valence-corrected chi connectivity index (χ2v) is 8.99. The number of para-hydroxylation sites is 1. The molecule has 28 heavy (non-hydrogen) atoms. The molecule has 0 radical (unpaired) electrons. The molecule has 0 saturated heterocycles. The first kappa shape index (κ1) is 17.5. The van der Waals surface area contributed by atoms with E-state index in [0.717, 1.165) is 36.6 Å². The van der Waals surface area contributed by atoms with Crippen LogP contribution in [0.1, 0.15) is 0 Å². The van der Waals surface area contributed by atoms with E-state index in [9.17, 15) is 4.79 Å². The van der Waals surface area contributed by atoms with E-state index >= 15 is 0 Å². The molecule has 0 amide bonds. The van der Waals surface area contributed by atoms with Gasteiger partial charge in [0.2, 0.25) is 0 Å². The molecular formula is C22H13ClN2OS2. The average molecular weight is 421 g/mol. The Balaban J connectivity index is 1.77. The maximum Gasteiger partial charge on any atom is 0.263 e. The second kappa shape index (κ2) is 7.09. The fraction of sp³-hybridized carbons (Fsp3) is 0. The molecule has 1 N–H and O–H groups in total. The quantitative estimate of drug-likeness (QED) is 0.357. The van der Waals surface area contributed by atoms with E-state index < -0.39 is 0 Å². The van der Waals surface area contributed by atoms with Gasteiger partial charge in [0.15, 0.2) is 4.34 Å². The minimum absolute atomic E-state index is 0.127. The molecule has 2 aromatic heterocycles. The number of aromatic nitrogens is 2. The Morgan fingerprint density at radius 3 is 2.57 bits per heavy atom. The summed E-state index contributed by atoms with van der Waals surface area (Å²) in [5, 5.41) is 1.55. The van der Waals surface area contributed by atoms with Gasteiger partial charge < -0.3 is 4.98 Å². The number of H-pyrrole nitrogens is 1. The van der Waals surface area contributed by atoms with Crippen molar-refractivity contribution in [2.75, 3.05) is 0 Å². The lowest BCUT2D eigenvalue weighted by atomic mass is 10.0. The highest BCUT2D eigenvalue weighted by molar-refractivity contribution is 8.01. The van der Waals surface area contributed by atoms with Gasteiger partial charge in [-0.1, -0.05) is 65.8 Å². The number of pyridine rings is 1. The van der Waals surface area contributed by atoms with E-state index in [1.54, 1.807) is 17.4 Å². The van der Waals surface area contributed by atoms with Crippen molar-refractivity contribution in [1.82, 2.24) is 9.97 Å². The van der Waals surface area contributed by atoms with Crippen molar-refractivity contribution in [2.24, 2.45) is 0 Å². The first-order valence-electron chi connectivity index (χ1n) is 8.63. The zero-order valence-electron chi connectivity index (χ0n) is 14.5. The van der Waals surface area contributed by atoms with Gasteiger partial charge in [0.25, 0.3) is 5.56 Å². The Bertz CT molecular complexity index is 1340. The first-order chi connectivity index (χ1) is 13.7. The molecule has 3 nitrogen and oxygen atoms in total. The highest BCUT2D eigenvalue weighted by Gasteiger charge is 2.18. The third kappa shape index (κ3) is 3.11. The van der Waals surface area contributed by atoms with Gasteiger partial charge in [-0.3, -0.25) is 4.79 Å². The van der Waals surface area contributed by atoms with Crippen LogP contribution in [0.3, 0.4) is 0 Å². The van der Waals surface area contributed by atoms with Crippen molar-refractivity contribution in [1.29, 1.82) is 0 Å². The van der Waals surface area contributed by atoms with Crippen molar-refractivity contribution in [3.63, 3.8) is 0 Å². The number of aromatic amines is 1. The number of thiazole rings is 1. The number of fused-ring (bicyclic) bond motifs is 2. The fourth-order valence-electron chi connectivity index (χ4n) is 3.22. The van der Waals surface area contributed by atoms with Gasteiger partial charge in [0, 0.05) is 21.5 Å². The predicted molar refractivity (Wildman–Crippen MR) is 119 cm³/mol. The maximum absolute atomic E-state index is 13.0. The molecule has 0 aliphatic rings. The summed E-state index contributed by atoms with van der Waals surface area (Å²) in [7, 11) is 0. The highest BCUT2D eigenvalue weighted by Crippen LogP contribution is 2.40. The van der Waals surface area contributed by atoms with E-state index in [2.05, 4.69) is 9.97 Å². The van der Waals surface area contributed by atoms with Gasteiger partial charge in [0.05, 0.1) is 15.1 Å². The smallest absolute Gasteiger partial charge is 0.263 e. The number of nitrogens with zero attached hydrogens (tertiary/aromatic N) is 1. The van der Waals surface area contributed by atoms with Gasteiger partial charge in [-0.05, 0) is 35.9 Å². The summed E-state index contributed by atoms with van der Waals surface area (Å²) in [5.74, 6) is 0. The summed E-state index contributed by atoms with van der Waals surface area (Å²) in [6.45, 7) is 0. The van der Waals surface area contributed by atoms with Gasteiger partial charge in [0.1, 0.15) is 0 Å². The molecule has 0 atom stereocenters. The van der Waals surface area contributed by atoms with Crippen LogP contribution in [0.2, 0.25) is 5.02 Å². The summed E-state index contributed by atoms with van der Waals surface area (Å²) in [5.41, 5.74) is 3.44. The summed E-state index contributed by atoms with van der Waals surface area (Å²) in [6.07, 6.45) is 0. The number of hydrogen-bond donors (Lipinski definition) is 1. The largest absolute Gasteiger partial charge is 0.321 e. The van der Waals surface area contributed by atoms with E-state index in [1.165, 1.54) is 11.8 Å². The summed E-state index contributed by atoms with van der Waals surface area (Å²) in [4.78, 5) is 21.3. The van der Waals surface area contributed by atoms with Crippen LogP contribution < -0.4 is 5.56 Å². The Hall–Kier alpha value is -2.60. The molecule has 0 bridgehead atoms. The summed E-state index contributed by atoms with van der Waals surface area (Å²) < 4.78 is 1.94. The molecular weight excluding hydrogens is 408 g/mol. The minimum atomic E-state index is -0.127. The topological polar surface area (TPSA) is 45.8 Å². The molecule has 0 aliphatic heterocycles. The number of halogens is 1. The van der Waals surface area contributed by atoms with Crippen molar-refractivity contribution in [2.45, 2.75) is 9.24 Å². The van der Waals surface area contributed by atoms with Crippen LogP contribution in [0.15, 0.2) is 86.8 Å². The first-order valence-corrected chi connectivity index (χ1v) is 10.6. The molecule has 6 heteroatoms. The number of hydrogen-bond acceptors (Lipinski definition) is 4. The van der Waals surface area contributed by atoms with Crippen LogP contribution in [0.4, 0.5) is 0 Å². The van der Waals surface area contributed by atoms with E-state index in [4.69, 9.17) is 11.6 Å². The molecule has 2 heterocycles. The lowest BCUT2D eigenvalue weighted by molar-refractivity contribution is 1.19. The van der Waals surface area contributed by atoms with Crippen molar-refractivity contribution in [3.8, 4) is 11.1 Å². The Morgan fingerprint density at radius 1 is 0.964 bits per heavy atom. The molecule has 5 aromatic rings. The van der Waals surface area contributed by atoms with Gasteiger partial charge in [-0.25, -0.2) is 4.98 Å². The van der Waals surface area contributed by atoms with Crippen LogP contribution in [0.25, 0.3) is 32.2 Å². The average Bonchev–Trinajstić information content (AvgIpc) is 3.12. The van der Waals surface area contributed by atoms with Crippen LogP contribution >= 0.6 is 34.7 Å². The normalized spacial score (nSPS) is 11.3. The Morgan fingerprint density at radius 2 is 1.75 bits per heavy atom. The summed E-state index contributed by atoms with van der Waals surface area (Å²) >= 11 is 9.26. The van der Waals surface area contributed by atoms with Crippen LogP contribution in [-0.4, -0.2) is 9.97 Å². The van der Waals surface area contributed by atoms with Crippen molar-refractivity contribution < 1.29 is 0 Å². The molecule has 0 unspecified atom stereocenters. The van der Waals surface area contributed by atoms with Gasteiger partial charge in [-0.15, -0.1) is 11.3 Å². The van der Waals surface area contributed by atoms with Crippen LogP contribution in [-0.2, 0) is 0 Å². The number of benzene rings is 3. The lowest BCUT2D eigenvalue weighted by Crippen LogP contribution is -2.10. The molecule has 3 aromatic carbocycles. The van der Waals surface area contributed by atoms with Crippen LogP contribution in [0.5, 0.6) is 0 Å². The number of rotatable bonds is 3. The monoisotopic (exact) mass is 420 g/mol. The third-order valence-corrected chi connectivity index (χ3v) is 6.88. The SMILES string of the molecule is O=c1[nH]c2ccc(Cl)cc2c(-c2ccccc2)c1Sc1nc2ccccc2s1. The van der Waals surface area contributed by atoms with Crippen molar-refractivity contribution in [3.05, 3.63) is 88.2 Å². The maximum atomic E-state index is 13.0. The zero-order chi connectivity index (χ0) is 19.1. The highest BCUT2D eigenvalue weighted by atomic mass is 35.5. The lowest BCUT2D eigenvalue weighted by Gasteiger charge is -2.12. The third-order valence-electron chi connectivity index (χ3n) is 4.46. The molecule has 0 aliphatic carbocycles. The second-order valence-electron chi connectivity index (χ2n) is 6.26. The molecule has 0 saturated carbocycles. The molecule has 0 spiro atoms. The van der Waals surface area contributed by atoms with E-state index in [1.807, 2.05) is 66.7 Å². The van der Waals surface area contributed by atoms with E-state index in [0.29, 0.717) is 9.92 Å². The molecule has 5 rings (SSSR count). The predicted octanol–water partition coefficient (Wildman–Crippen LogP) is 6.61. The van der Waals surface area contributed by atoms with Gasteiger partial charge >= 0.3 is 0 Å². The number of nitrogens with one attached hydrogen (secondary N) is 1. The zero-order valence-corrected chi connectivity index (χ0v) is 16.9.